The molecule has 0 aromatic rings. The summed E-state index contributed by atoms with van der Waals surface area (Å²) < 4.78 is 5.77. The zero-order valence-electron chi connectivity index (χ0n) is 13.4. The van der Waals surface area contributed by atoms with Crippen LogP contribution in [-0.4, -0.2) is 21.2 Å². The first-order valence-corrected chi connectivity index (χ1v) is 16.8. The van der Waals surface area contributed by atoms with E-state index in [2.05, 4.69) is 50.5 Å². The Kier molecular flexibility index (Phi) is 11.8. The van der Waals surface area contributed by atoms with Gasteiger partial charge in [0.25, 0.3) is 0 Å². The van der Waals surface area contributed by atoms with Gasteiger partial charge < -0.3 is 0 Å². The molecular weight excluding hydrogens is 391 g/mol. The quantitative estimate of drug-likeness (QED) is 0.252. The molecule has 0 bridgehead atoms. The monoisotopic (exact) mass is 426 g/mol. The van der Waals surface area contributed by atoms with E-state index in [1.165, 1.54) is 38.5 Å². The molecule has 0 amide bonds. The van der Waals surface area contributed by atoms with Crippen molar-refractivity contribution in [3.63, 3.8) is 0 Å². The second-order valence-corrected chi connectivity index (χ2v) is 23.6. The zero-order valence-corrected chi connectivity index (χ0v) is 17.8. The molecule has 0 nitrogen and oxygen atoms in total. The Morgan fingerprint density at radius 1 is 0.778 bits per heavy atom. The van der Waals surface area contributed by atoms with Crippen LogP contribution in [0, 0.1) is 5.92 Å². The predicted octanol–water partition coefficient (Wildman–Crippen LogP) is 6.79. The van der Waals surface area contributed by atoms with Gasteiger partial charge in [-0.05, 0) is 0 Å². The molecule has 1 unspecified atom stereocenters. The summed E-state index contributed by atoms with van der Waals surface area (Å²) in [5.74, 6) is 0.839. The standard InChI is InChI=1S/C4H8Br.3C4H9.Sn/c1-4(2)3-5;3*1-3-4-2;/h3-4H,1-2H3;3*1,3-4H2,2H3;. The van der Waals surface area contributed by atoms with Gasteiger partial charge in [-0.15, -0.1) is 0 Å². The third-order valence-electron chi connectivity index (χ3n) is 4.25. The molecule has 0 radical (unpaired) electrons. The molecule has 0 aliphatic heterocycles. The molecule has 0 N–H and O–H groups in total. The van der Waals surface area contributed by atoms with E-state index >= 15 is 0 Å². The van der Waals surface area contributed by atoms with Gasteiger partial charge in [0.05, 0.1) is 0 Å². The fraction of sp³-hybridized carbons (Fsp3) is 1.00. The molecule has 0 aliphatic carbocycles. The fourth-order valence-electron chi connectivity index (χ4n) is 3.08. The van der Waals surface area contributed by atoms with Gasteiger partial charge in [-0.25, -0.2) is 0 Å². The van der Waals surface area contributed by atoms with Crippen molar-refractivity contribution < 1.29 is 0 Å². The maximum absolute atomic E-state index is 4.15. The van der Waals surface area contributed by atoms with Crippen LogP contribution in [0.25, 0.3) is 0 Å². The SMILES string of the molecule is CCC[CH2][Sn]([CH2]CCC)([CH2]CCC)[CH](Br)C(C)C. The molecule has 0 saturated heterocycles. The van der Waals surface area contributed by atoms with Crippen molar-refractivity contribution in [2.45, 2.75) is 89.3 Å². The summed E-state index contributed by atoms with van der Waals surface area (Å²) in [6.45, 7) is 11.9. The normalized spacial score (nSPS) is 14.2. The van der Waals surface area contributed by atoms with Gasteiger partial charge in [0, 0.05) is 0 Å². The van der Waals surface area contributed by atoms with Crippen molar-refractivity contribution in [3.05, 3.63) is 0 Å². The first-order valence-electron chi connectivity index (χ1n) is 8.18. The molecule has 0 saturated carbocycles. The van der Waals surface area contributed by atoms with Crippen molar-refractivity contribution in [2.75, 3.05) is 0 Å². The second kappa shape index (κ2) is 11.0. The average molecular weight is 426 g/mol. The van der Waals surface area contributed by atoms with E-state index in [1.54, 1.807) is 13.3 Å². The third-order valence-corrected chi connectivity index (χ3v) is 28.6. The number of hydrogen-bond acceptors (Lipinski definition) is 0. The fourth-order valence-corrected chi connectivity index (χ4v) is 25.3. The Labute approximate surface area is 129 Å². The zero-order chi connectivity index (χ0) is 14.0. The number of rotatable bonds is 11. The minimum atomic E-state index is -1.96. The molecule has 0 heterocycles. The van der Waals surface area contributed by atoms with E-state index in [9.17, 15) is 0 Å². The molecule has 0 fully saturated rings. The molecular formula is C16H35BrSn. The summed E-state index contributed by atoms with van der Waals surface area (Å²) in [7, 11) is 0. The van der Waals surface area contributed by atoms with Crippen LogP contribution in [-0.2, 0) is 0 Å². The van der Waals surface area contributed by atoms with E-state index < -0.39 is 18.4 Å². The predicted molar refractivity (Wildman–Crippen MR) is 92.5 cm³/mol. The van der Waals surface area contributed by atoms with Gasteiger partial charge >= 0.3 is 130 Å². The second-order valence-electron chi connectivity index (χ2n) is 6.32. The number of halogens is 1. The Bertz CT molecular complexity index is 170. The molecule has 0 aromatic carbocycles. The molecule has 0 spiro atoms. The van der Waals surface area contributed by atoms with Crippen molar-refractivity contribution >= 4 is 34.3 Å². The Balaban J connectivity index is 4.84. The summed E-state index contributed by atoms with van der Waals surface area (Å²) in [6, 6.07) is 0. The summed E-state index contributed by atoms with van der Waals surface area (Å²) in [4.78, 5) is 0. The molecule has 110 valence electrons. The van der Waals surface area contributed by atoms with E-state index in [-0.39, 0.29) is 0 Å². The first kappa shape index (κ1) is 19.3. The van der Waals surface area contributed by atoms with Crippen LogP contribution in [0.1, 0.15) is 73.1 Å². The Morgan fingerprint density at radius 3 is 1.33 bits per heavy atom. The summed E-state index contributed by atoms with van der Waals surface area (Å²) in [6.07, 6.45) is 8.60. The van der Waals surface area contributed by atoms with Gasteiger partial charge in [-0.1, -0.05) is 0 Å². The minimum absolute atomic E-state index is 0.839. The van der Waals surface area contributed by atoms with Crippen molar-refractivity contribution in [1.29, 1.82) is 0 Å². The molecule has 0 rings (SSSR count). The van der Waals surface area contributed by atoms with Crippen molar-refractivity contribution in [1.82, 2.24) is 0 Å². The van der Waals surface area contributed by atoms with Crippen molar-refractivity contribution in [3.8, 4) is 0 Å². The molecule has 18 heavy (non-hydrogen) atoms. The van der Waals surface area contributed by atoms with Gasteiger partial charge in [0.1, 0.15) is 0 Å². The van der Waals surface area contributed by atoms with E-state index in [0.29, 0.717) is 0 Å². The van der Waals surface area contributed by atoms with Crippen LogP contribution in [0.15, 0.2) is 0 Å². The molecule has 2 heteroatoms. The molecule has 0 aliphatic rings. The van der Waals surface area contributed by atoms with E-state index in [0.717, 1.165) is 8.76 Å². The van der Waals surface area contributed by atoms with Gasteiger partial charge in [-0.3, -0.25) is 0 Å². The average Bonchev–Trinajstić information content (AvgIpc) is 2.37. The van der Waals surface area contributed by atoms with Crippen molar-refractivity contribution in [2.24, 2.45) is 5.92 Å². The third kappa shape index (κ3) is 6.63. The van der Waals surface area contributed by atoms with Crippen LogP contribution >= 0.6 is 15.9 Å². The van der Waals surface area contributed by atoms with Crippen LogP contribution in [0.5, 0.6) is 0 Å². The topological polar surface area (TPSA) is 0 Å². The van der Waals surface area contributed by atoms with Gasteiger partial charge in [0.2, 0.25) is 0 Å². The molecule has 1 atom stereocenters. The summed E-state index contributed by atoms with van der Waals surface area (Å²) in [5, 5.41) is 0. The maximum atomic E-state index is 4.15. The molecule has 0 aromatic heterocycles. The van der Waals surface area contributed by atoms with Crippen LogP contribution in [0.4, 0.5) is 0 Å². The number of hydrogen-bond donors (Lipinski definition) is 0. The number of alkyl halides is 1. The first-order chi connectivity index (χ1) is 8.54. The van der Waals surface area contributed by atoms with Gasteiger partial charge in [0.15, 0.2) is 0 Å². The Hall–Kier alpha value is 1.28. The van der Waals surface area contributed by atoms with Gasteiger partial charge in [-0.2, -0.15) is 0 Å². The summed E-state index contributed by atoms with van der Waals surface area (Å²) in [5.41, 5.74) is 0. The van der Waals surface area contributed by atoms with E-state index in [4.69, 9.17) is 0 Å². The van der Waals surface area contributed by atoms with Crippen LogP contribution in [0.3, 0.4) is 0 Å². The van der Waals surface area contributed by atoms with Crippen LogP contribution in [0.2, 0.25) is 13.3 Å². The van der Waals surface area contributed by atoms with E-state index in [1.807, 2.05) is 0 Å². The van der Waals surface area contributed by atoms with Crippen LogP contribution < -0.4 is 0 Å². The Morgan fingerprint density at radius 2 is 1.11 bits per heavy atom. The number of unbranched alkanes of at least 4 members (excludes halogenated alkanes) is 3. The summed E-state index contributed by atoms with van der Waals surface area (Å²) >= 11 is 2.19.